The highest BCUT2D eigenvalue weighted by molar-refractivity contribution is 6.32. The summed E-state index contributed by atoms with van der Waals surface area (Å²) in [5, 5.41) is 1.04. The number of carbonyl (C=O) groups excluding carboxylic acids is 2. The summed E-state index contributed by atoms with van der Waals surface area (Å²) in [6, 6.07) is 16.7. The number of ketones is 1. The molecule has 0 fully saturated rings. The second-order valence-electron chi connectivity index (χ2n) is 6.42. The van der Waals surface area contributed by atoms with Gasteiger partial charge in [0.1, 0.15) is 11.5 Å². The summed E-state index contributed by atoms with van der Waals surface area (Å²) in [5.74, 6) is 0.0713. The second-order valence-corrected chi connectivity index (χ2v) is 7.27. The van der Waals surface area contributed by atoms with Crippen LogP contribution in [0.5, 0.6) is 11.5 Å². The summed E-state index contributed by atoms with van der Waals surface area (Å²) in [6.45, 7) is 1.73. The average molecular weight is 425 g/mol. The Labute approximate surface area is 177 Å². The van der Waals surface area contributed by atoms with Crippen molar-refractivity contribution in [2.45, 2.75) is 6.92 Å². The molecule has 0 amide bonds. The fraction of sp³-hybridized carbons (Fsp3) is 0.0435. The van der Waals surface area contributed by atoms with Gasteiger partial charge in [0.05, 0.1) is 11.1 Å². The van der Waals surface area contributed by atoms with Gasteiger partial charge in [0.15, 0.2) is 5.76 Å². The molecule has 1 heterocycles. The van der Waals surface area contributed by atoms with Crippen molar-refractivity contribution in [2.75, 3.05) is 0 Å². The number of Topliss-reactive ketones (excluding diaryl/α,β-unsaturated/α-hetero) is 1. The highest BCUT2D eigenvalue weighted by atomic mass is 35.5. The van der Waals surface area contributed by atoms with Crippen LogP contribution in [0.15, 0.2) is 66.4 Å². The van der Waals surface area contributed by atoms with Crippen LogP contribution >= 0.6 is 23.2 Å². The van der Waals surface area contributed by atoms with Gasteiger partial charge in [-0.25, -0.2) is 4.79 Å². The van der Waals surface area contributed by atoms with Crippen LogP contribution in [0.1, 0.15) is 31.8 Å². The molecule has 0 aliphatic carbocycles. The molecule has 0 atom stereocenters. The SMILES string of the molecule is Cc1c(OC(=O)c2ccc(Cl)cc2)ccc2c1O/C(=C\c1ccccc1Cl)C2=O. The first-order chi connectivity index (χ1) is 13.9. The van der Waals surface area contributed by atoms with Gasteiger partial charge in [-0.05, 0) is 61.0 Å². The summed E-state index contributed by atoms with van der Waals surface area (Å²) < 4.78 is 11.3. The predicted octanol–water partition coefficient (Wildman–Crippen LogP) is 6.14. The number of carbonyl (C=O) groups is 2. The maximum absolute atomic E-state index is 12.7. The van der Waals surface area contributed by atoms with Gasteiger partial charge in [-0.3, -0.25) is 4.79 Å². The molecule has 0 N–H and O–H groups in total. The van der Waals surface area contributed by atoms with E-state index >= 15 is 0 Å². The number of esters is 1. The minimum Gasteiger partial charge on any atom is -0.452 e. The Morgan fingerprint density at radius 3 is 2.45 bits per heavy atom. The van der Waals surface area contributed by atoms with Gasteiger partial charge in [0, 0.05) is 15.6 Å². The smallest absolute Gasteiger partial charge is 0.343 e. The topological polar surface area (TPSA) is 52.6 Å². The van der Waals surface area contributed by atoms with E-state index in [1.165, 1.54) is 0 Å². The van der Waals surface area contributed by atoms with E-state index in [9.17, 15) is 9.59 Å². The fourth-order valence-corrected chi connectivity index (χ4v) is 3.27. The van der Waals surface area contributed by atoms with E-state index in [0.717, 1.165) is 0 Å². The Morgan fingerprint density at radius 1 is 1.00 bits per heavy atom. The second kappa shape index (κ2) is 7.74. The van der Waals surface area contributed by atoms with Gasteiger partial charge in [0.2, 0.25) is 5.78 Å². The molecular formula is C23H14Cl2O4. The van der Waals surface area contributed by atoms with Crippen molar-refractivity contribution in [1.82, 2.24) is 0 Å². The van der Waals surface area contributed by atoms with Crippen molar-refractivity contribution >= 4 is 41.0 Å². The summed E-state index contributed by atoms with van der Waals surface area (Å²) in [4.78, 5) is 25.1. The number of halogens is 2. The normalized spacial score (nSPS) is 13.9. The number of hydrogen-bond donors (Lipinski definition) is 0. The molecule has 29 heavy (non-hydrogen) atoms. The van der Waals surface area contributed by atoms with Crippen LogP contribution in [0.4, 0.5) is 0 Å². The maximum atomic E-state index is 12.7. The van der Waals surface area contributed by atoms with Crippen molar-refractivity contribution in [3.8, 4) is 11.5 Å². The third-order valence-electron chi connectivity index (χ3n) is 4.51. The summed E-state index contributed by atoms with van der Waals surface area (Å²) in [5.41, 5.74) is 2.01. The first kappa shape index (κ1) is 19.2. The third kappa shape index (κ3) is 3.77. The number of ether oxygens (including phenoxy) is 2. The molecular weight excluding hydrogens is 411 g/mol. The van der Waals surface area contributed by atoms with Gasteiger partial charge in [-0.1, -0.05) is 41.4 Å². The average Bonchev–Trinajstić information content (AvgIpc) is 3.03. The van der Waals surface area contributed by atoms with Gasteiger partial charge >= 0.3 is 5.97 Å². The van der Waals surface area contributed by atoms with Crippen LogP contribution in [-0.2, 0) is 0 Å². The van der Waals surface area contributed by atoms with E-state index in [2.05, 4.69) is 0 Å². The summed E-state index contributed by atoms with van der Waals surface area (Å²) in [7, 11) is 0. The number of allylic oxidation sites excluding steroid dienone is 1. The van der Waals surface area contributed by atoms with E-state index in [0.29, 0.717) is 43.8 Å². The van der Waals surface area contributed by atoms with Crippen molar-refractivity contribution < 1.29 is 19.1 Å². The minimum atomic E-state index is -0.527. The third-order valence-corrected chi connectivity index (χ3v) is 5.11. The largest absolute Gasteiger partial charge is 0.452 e. The Hall–Kier alpha value is -3.08. The quantitative estimate of drug-likeness (QED) is 0.288. The van der Waals surface area contributed by atoms with Gasteiger partial charge < -0.3 is 9.47 Å². The Balaban J connectivity index is 1.62. The fourth-order valence-electron chi connectivity index (χ4n) is 2.96. The van der Waals surface area contributed by atoms with Gasteiger partial charge in [-0.15, -0.1) is 0 Å². The molecule has 0 aromatic heterocycles. The van der Waals surface area contributed by atoms with E-state index in [1.807, 2.05) is 12.1 Å². The molecule has 0 unspecified atom stereocenters. The van der Waals surface area contributed by atoms with E-state index in [4.69, 9.17) is 32.7 Å². The highest BCUT2D eigenvalue weighted by Gasteiger charge is 2.30. The molecule has 0 saturated heterocycles. The standard InChI is InChI=1S/C23H14Cl2O4/c1-13-19(29-23(27)14-6-8-16(24)9-7-14)11-10-17-21(26)20(28-22(13)17)12-15-4-2-3-5-18(15)25/h2-12H,1H3/b20-12-. The lowest BCUT2D eigenvalue weighted by Crippen LogP contribution is -2.09. The molecule has 0 spiro atoms. The van der Waals surface area contributed by atoms with Gasteiger partial charge in [0.25, 0.3) is 0 Å². The van der Waals surface area contributed by atoms with Crippen LogP contribution < -0.4 is 9.47 Å². The van der Waals surface area contributed by atoms with Crippen LogP contribution in [0.3, 0.4) is 0 Å². The van der Waals surface area contributed by atoms with Crippen molar-refractivity contribution in [2.24, 2.45) is 0 Å². The first-order valence-corrected chi connectivity index (χ1v) is 9.50. The number of benzene rings is 3. The molecule has 4 rings (SSSR count). The van der Waals surface area contributed by atoms with Crippen LogP contribution in [0, 0.1) is 6.92 Å². The molecule has 3 aromatic rings. The number of hydrogen-bond acceptors (Lipinski definition) is 4. The molecule has 144 valence electrons. The highest BCUT2D eigenvalue weighted by Crippen LogP contribution is 2.39. The van der Waals surface area contributed by atoms with Crippen molar-refractivity contribution in [1.29, 1.82) is 0 Å². The Kier molecular flexibility index (Phi) is 5.14. The van der Waals surface area contributed by atoms with E-state index in [-0.39, 0.29) is 11.5 Å². The van der Waals surface area contributed by atoms with E-state index < -0.39 is 5.97 Å². The molecule has 1 aliphatic heterocycles. The van der Waals surface area contributed by atoms with Crippen LogP contribution in [0.25, 0.3) is 6.08 Å². The number of fused-ring (bicyclic) bond motifs is 1. The maximum Gasteiger partial charge on any atom is 0.343 e. The van der Waals surface area contributed by atoms with Crippen LogP contribution in [-0.4, -0.2) is 11.8 Å². The molecule has 1 aliphatic rings. The predicted molar refractivity (Wildman–Crippen MR) is 112 cm³/mol. The molecule has 0 saturated carbocycles. The molecule has 0 radical (unpaired) electrons. The monoisotopic (exact) mass is 424 g/mol. The lowest BCUT2D eigenvalue weighted by molar-refractivity contribution is 0.0733. The molecule has 3 aromatic carbocycles. The Bertz CT molecular complexity index is 1160. The van der Waals surface area contributed by atoms with Gasteiger partial charge in [-0.2, -0.15) is 0 Å². The number of rotatable bonds is 3. The zero-order valence-corrected chi connectivity index (χ0v) is 16.8. The lowest BCUT2D eigenvalue weighted by atomic mass is 10.1. The van der Waals surface area contributed by atoms with Crippen LogP contribution in [0.2, 0.25) is 10.0 Å². The molecule has 0 bridgehead atoms. The molecule has 6 heteroatoms. The van der Waals surface area contributed by atoms with E-state index in [1.54, 1.807) is 61.5 Å². The van der Waals surface area contributed by atoms with Crippen molar-refractivity contribution in [3.63, 3.8) is 0 Å². The lowest BCUT2D eigenvalue weighted by Gasteiger charge is -2.10. The van der Waals surface area contributed by atoms with Crippen molar-refractivity contribution in [3.05, 3.63) is 98.7 Å². The molecule has 4 nitrogen and oxygen atoms in total. The zero-order chi connectivity index (χ0) is 20.5. The summed E-state index contributed by atoms with van der Waals surface area (Å²) in [6.07, 6.45) is 1.60. The minimum absolute atomic E-state index is 0.164. The Morgan fingerprint density at radius 2 is 1.72 bits per heavy atom. The first-order valence-electron chi connectivity index (χ1n) is 8.74. The zero-order valence-electron chi connectivity index (χ0n) is 15.2. The summed E-state index contributed by atoms with van der Waals surface area (Å²) >= 11 is 12.0.